The maximum Gasteiger partial charge on any atom is 0.00792 e. The van der Waals surface area contributed by atoms with Crippen molar-refractivity contribution in [2.24, 2.45) is 5.73 Å². The minimum Gasteiger partial charge on any atom is -0.327 e. The van der Waals surface area contributed by atoms with Gasteiger partial charge in [0, 0.05) is 6.04 Å². The summed E-state index contributed by atoms with van der Waals surface area (Å²) in [6, 6.07) is 8.92. The van der Waals surface area contributed by atoms with E-state index >= 15 is 0 Å². The van der Waals surface area contributed by atoms with E-state index in [-0.39, 0.29) is 0 Å². The largest absolute Gasteiger partial charge is 0.327 e. The van der Waals surface area contributed by atoms with Crippen LogP contribution in [0.5, 0.6) is 0 Å². The van der Waals surface area contributed by atoms with Crippen LogP contribution in [0, 0.1) is 6.92 Å². The lowest BCUT2D eigenvalue weighted by Gasteiger charge is -2.10. The Labute approximate surface area is 81.0 Å². The summed E-state index contributed by atoms with van der Waals surface area (Å²) in [7, 11) is 0. The summed E-state index contributed by atoms with van der Waals surface area (Å²) < 4.78 is 0. The monoisotopic (exact) mass is 177 g/mol. The maximum atomic E-state index is 5.97. The van der Waals surface area contributed by atoms with E-state index in [1.807, 2.05) is 0 Å². The summed E-state index contributed by atoms with van der Waals surface area (Å²) >= 11 is 0. The molecule has 13 heavy (non-hydrogen) atoms. The van der Waals surface area contributed by atoms with Crippen LogP contribution in [-0.4, -0.2) is 6.04 Å². The summed E-state index contributed by atoms with van der Waals surface area (Å²) in [6.07, 6.45) is 3.30. The number of hydrogen-bond acceptors (Lipinski definition) is 1. The molecule has 1 aromatic rings. The molecule has 0 amide bonds. The summed E-state index contributed by atoms with van der Waals surface area (Å²) in [4.78, 5) is 0. The molecule has 1 atom stereocenters. The Morgan fingerprint density at radius 2 is 2.15 bits per heavy atom. The Hall–Kier alpha value is -0.820. The number of aryl methyl sites for hydroxylation is 1. The molecule has 0 heterocycles. The van der Waals surface area contributed by atoms with Crippen LogP contribution in [0.1, 0.15) is 30.9 Å². The first-order valence-electron chi connectivity index (χ1n) is 5.03. The van der Waals surface area contributed by atoms with Crippen molar-refractivity contribution in [3.8, 4) is 0 Å². The highest BCUT2D eigenvalue weighted by Crippen LogP contribution is 2.08. The molecule has 0 bridgehead atoms. The van der Waals surface area contributed by atoms with Crippen LogP contribution < -0.4 is 5.73 Å². The normalized spacial score (nSPS) is 12.8. The summed E-state index contributed by atoms with van der Waals surface area (Å²) in [5, 5.41) is 0. The average Bonchev–Trinajstić information content (AvgIpc) is 2.04. The van der Waals surface area contributed by atoms with Gasteiger partial charge in [-0.2, -0.15) is 0 Å². The Bertz CT molecular complexity index is 255. The van der Waals surface area contributed by atoms with Crippen molar-refractivity contribution in [2.75, 3.05) is 0 Å². The van der Waals surface area contributed by atoms with Crippen molar-refractivity contribution in [3.63, 3.8) is 0 Å². The van der Waals surface area contributed by atoms with Gasteiger partial charge in [0.25, 0.3) is 0 Å². The molecule has 1 heteroatoms. The molecule has 0 aliphatic heterocycles. The van der Waals surface area contributed by atoms with E-state index in [1.165, 1.54) is 17.5 Å². The fraction of sp³-hybridized carbons (Fsp3) is 0.500. The van der Waals surface area contributed by atoms with Gasteiger partial charge < -0.3 is 5.73 Å². The molecule has 1 nitrogen and oxygen atoms in total. The molecule has 0 aromatic heterocycles. The standard InChI is InChI=1S/C12H19N/c1-3-5-12(13)9-11-7-4-6-10(2)8-11/h4,6-8,12H,3,5,9,13H2,1-2H3/t12-/m0/s1. The van der Waals surface area contributed by atoms with Crippen LogP contribution in [0.15, 0.2) is 24.3 Å². The quantitative estimate of drug-likeness (QED) is 0.751. The second-order valence-corrected chi connectivity index (χ2v) is 3.74. The van der Waals surface area contributed by atoms with Gasteiger partial charge in [-0.25, -0.2) is 0 Å². The van der Waals surface area contributed by atoms with Gasteiger partial charge in [-0.05, 0) is 25.3 Å². The lowest BCUT2D eigenvalue weighted by Crippen LogP contribution is -2.22. The van der Waals surface area contributed by atoms with Crippen molar-refractivity contribution >= 4 is 0 Å². The number of rotatable bonds is 4. The molecule has 2 N–H and O–H groups in total. The van der Waals surface area contributed by atoms with Crippen LogP contribution in [0.2, 0.25) is 0 Å². The van der Waals surface area contributed by atoms with E-state index < -0.39 is 0 Å². The van der Waals surface area contributed by atoms with Gasteiger partial charge in [0.05, 0.1) is 0 Å². The Balaban J connectivity index is 2.53. The average molecular weight is 177 g/mol. The van der Waals surface area contributed by atoms with Crippen LogP contribution in [-0.2, 0) is 6.42 Å². The van der Waals surface area contributed by atoms with Gasteiger partial charge in [-0.1, -0.05) is 43.2 Å². The van der Waals surface area contributed by atoms with E-state index in [0.29, 0.717) is 6.04 Å². The van der Waals surface area contributed by atoms with Gasteiger partial charge in [-0.3, -0.25) is 0 Å². The fourth-order valence-electron chi connectivity index (χ4n) is 1.61. The molecule has 0 fully saturated rings. The van der Waals surface area contributed by atoms with Crippen molar-refractivity contribution in [1.29, 1.82) is 0 Å². The van der Waals surface area contributed by atoms with Gasteiger partial charge >= 0.3 is 0 Å². The van der Waals surface area contributed by atoms with Crippen molar-refractivity contribution < 1.29 is 0 Å². The molecule has 1 aromatic carbocycles. The number of nitrogens with two attached hydrogens (primary N) is 1. The Kier molecular flexibility index (Phi) is 3.97. The third-order valence-corrected chi connectivity index (χ3v) is 2.24. The molecule has 0 saturated carbocycles. The summed E-state index contributed by atoms with van der Waals surface area (Å²) in [5.74, 6) is 0. The molecule has 1 rings (SSSR count). The van der Waals surface area contributed by atoms with Gasteiger partial charge in [-0.15, -0.1) is 0 Å². The van der Waals surface area contributed by atoms with E-state index in [2.05, 4.69) is 38.1 Å². The van der Waals surface area contributed by atoms with Crippen molar-refractivity contribution in [2.45, 2.75) is 39.2 Å². The molecule has 0 unspecified atom stereocenters. The SMILES string of the molecule is CCC[C@H](N)Cc1cccc(C)c1. The molecule has 0 radical (unpaired) electrons. The molecule has 0 spiro atoms. The highest BCUT2D eigenvalue weighted by atomic mass is 14.6. The topological polar surface area (TPSA) is 26.0 Å². The zero-order chi connectivity index (χ0) is 9.68. The van der Waals surface area contributed by atoms with Crippen LogP contribution in [0.4, 0.5) is 0 Å². The summed E-state index contributed by atoms with van der Waals surface area (Å²) in [5.41, 5.74) is 8.65. The van der Waals surface area contributed by atoms with Gasteiger partial charge in [0.2, 0.25) is 0 Å². The highest BCUT2D eigenvalue weighted by molar-refractivity contribution is 5.22. The van der Waals surface area contributed by atoms with Gasteiger partial charge in [0.15, 0.2) is 0 Å². The van der Waals surface area contributed by atoms with E-state index in [9.17, 15) is 0 Å². The highest BCUT2D eigenvalue weighted by Gasteiger charge is 2.02. The lowest BCUT2D eigenvalue weighted by molar-refractivity contribution is 0.600. The number of hydrogen-bond donors (Lipinski definition) is 1. The second kappa shape index (κ2) is 5.03. The van der Waals surface area contributed by atoms with Crippen molar-refractivity contribution in [3.05, 3.63) is 35.4 Å². The molecular weight excluding hydrogens is 158 g/mol. The molecule has 0 aliphatic rings. The molecule has 0 aliphatic carbocycles. The first-order chi connectivity index (χ1) is 6.22. The van der Waals surface area contributed by atoms with Crippen LogP contribution in [0.3, 0.4) is 0 Å². The first kappa shape index (κ1) is 10.3. The zero-order valence-electron chi connectivity index (χ0n) is 8.59. The molecule has 0 saturated heterocycles. The van der Waals surface area contributed by atoms with Gasteiger partial charge in [0.1, 0.15) is 0 Å². The van der Waals surface area contributed by atoms with E-state index in [1.54, 1.807) is 0 Å². The predicted octanol–water partition coefficient (Wildman–Crippen LogP) is 2.66. The maximum absolute atomic E-state index is 5.97. The summed E-state index contributed by atoms with van der Waals surface area (Å²) in [6.45, 7) is 4.30. The minimum atomic E-state index is 0.326. The number of benzene rings is 1. The molecular formula is C12H19N. The molecule has 72 valence electrons. The smallest absolute Gasteiger partial charge is 0.00792 e. The Morgan fingerprint density at radius 1 is 1.38 bits per heavy atom. The second-order valence-electron chi connectivity index (χ2n) is 3.74. The van der Waals surface area contributed by atoms with Crippen LogP contribution >= 0.6 is 0 Å². The Morgan fingerprint density at radius 3 is 2.77 bits per heavy atom. The minimum absolute atomic E-state index is 0.326. The van der Waals surface area contributed by atoms with Crippen LogP contribution in [0.25, 0.3) is 0 Å². The van der Waals surface area contributed by atoms with Crippen molar-refractivity contribution in [1.82, 2.24) is 0 Å². The van der Waals surface area contributed by atoms with E-state index in [0.717, 1.165) is 12.8 Å². The third kappa shape index (κ3) is 3.60. The fourth-order valence-corrected chi connectivity index (χ4v) is 1.61. The third-order valence-electron chi connectivity index (χ3n) is 2.24. The first-order valence-corrected chi connectivity index (χ1v) is 5.03. The van der Waals surface area contributed by atoms with E-state index in [4.69, 9.17) is 5.73 Å². The predicted molar refractivity (Wildman–Crippen MR) is 57.8 cm³/mol. The zero-order valence-corrected chi connectivity index (χ0v) is 8.59. The lowest BCUT2D eigenvalue weighted by atomic mass is 10.0.